The largest absolute Gasteiger partial charge is 0.344 e. The maximum absolute atomic E-state index is 11.4. The second-order valence-corrected chi connectivity index (χ2v) is 6.95. The standard InChI is InChI=1S/C14H22O3S.H3N/c1-10(2)8-12-6-5-7-14(18(15,16)17)13(12)9-11(3)4;/h5-7,10-11H,8-9H2,1-4H3,(H,15,16,17);1H3. The first-order valence-corrected chi connectivity index (χ1v) is 7.74. The molecule has 1 aromatic rings. The van der Waals surface area contributed by atoms with E-state index in [1.807, 2.05) is 19.9 Å². The molecule has 1 rings (SSSR count). The topological polar surface area (TPSA) is 89.4 Å². The highest BCUT2D eigenvalue weighted by Crippen LogP contribution is 2.25. The van der Waals surface area contributed by atoms with Gasteiger partial charge in [-0.05, 0) is 41.9 Å². The lowest BCUT2D eigenvalue weighted by molar-refractivity contribution is 0.480. The van der Waals surface area contributed by atoms with Gasteiger partial charge in [-0.15, -0.1) is 0 Å². The highest BCUT2D eigenvalue weighted by molar-refractivity contribution is 7.85. The van der Waals surface area contributed by atoms with Crippen LogP contribution in [-0.2, 0) is 23.0 Å². The first-order chi connectivity index (χ1) is 8.21. The van der Waals surface area contributed by atoms with Crippen LogP contribution in [0.3, 0.4) is 0 Å². The van der Waals surface area contributed by atoms with Gasteiger partial charge in [0, 0.05) is 0 Å². The van der Waals surface area contributed by atoms with Gasteiger partial charge >= 0.3 is 0 Å². The Bertz CT molecular complexity index is 507. The molecule has 0 aliphatic carbocycles. The molecule has 0 radical (unpaired) electrons. The van der Waals surface area contributed by atoms with Crippen molar-refractivity contribution < 1.29 is 13.0 Å². The minimum absolute atomic E-state index is 0. The Labute approximate surface area is 116 Å². The molecular weight excluding hydrogens is 262 g/mol. The van der Waals surface area contributed by atoms with E-state index in [1.54, 1.807) is 6.07 Å². The lowest BCUT2D eigenvalue weighted by Gasteiger charge is -2.16. The monoisotopic (exact) mass is 287 g/mol. The van der Waals surface area contributed by atoms with E-state index in [0.29, 0.717) is 18.3 Å². The molecule has 4 nitrogen and oxygen atoms in total. The molecule has 0 heterocycles. The average molecular weight is 287 g/mol. The van der Waals surface area contributed by atoms with E-state index in [2.05, 4.69) is 13.8 Å². The van der Waals surface area contributed by atoms with Crippen molar-refractivity contribution in [2.75, 3.05) is 0 Å². The van der Waals surface area contributed by atoms with E-state index in [9.17, 15) is 13.0 Å². The normalized spacial score (nSPS) is 11.7. The molecule has 0 saturated heterocycles. The molecule has 4 N–H and O–H groups in total. The predicted molar refractivity (Wildman–Crippen MR) is 78.4 cm³/mol. The van der Waals surface area contributed by atoms with Gasteiger partial charge in [-0.1, -0.05) is 39.8 Å². The third-order valence-corrected chi connectivity index (χ3v) is 3.69. The van der Waals surface area contributed by atoms with Crippen molar-refractivity contribution in [3.63, 3.8) is 0 Å². The Balaban J connectivity index is 0.00000324. The molecule has 0 aliphatic rings. The Morgan fingerprint density at radius 1 is 1.05 bits per heavy atom. The SMILES string of the molecule is CC(C)Cc1cccc(S(=O)(=O)O)c1CC(C)C.N. The van der Waals surface area contributed by atoms with Crippen LogP contribution in [0.2, 0.25) is 0 Å². The zero-order valence-electron chi connectivity index (χ0n) is 12.2. The second kappa shape index (κ2) is 7.03. The minimum atomic E-state index is -4.14. The third kappa shape index (κ3) is 5.30. The zero-order valence-corrected chi connectivity index (χ0v) is 13.0. The summed E-state index contributed by atoms with van der Waals surface area (Å²) in [6.45, 7) is 8.28. The van der Waals surface area contributed by atoms with Gasteiger partial charge in [0.1, 0.15) is 0 Å². The molecule has 0 spiro atoms. The van der Waals surface area contributed by atoms with E-state index in [-0.39, 0.29) is 11.0 Å². The molecular formula is C14H25NO3S. The van der Waals surface area contributed by atoms with Gasteiger partial charge in [0.05, 0.1) is 4.90 Å². The van der Waals surface area contributed by atoms with Crippen LogP contribution in [0.15, 0.2) is 23.1 Å². The Morgan fingerprint density at radius 2 is 1.58 bits per heavy atom. The van der Waals surface area contributed by atoms with Crippen LogP contribution in [0.4, 0.5) is 0 Å². The van der Waals surface area contributed by atoms with Crippen LogP contribution < -0.4 is 6.15 Å². The molecule has 5 heteroatoms. The third-order valence-electron chi connectivity index (χ3n) is 2.75. The number of hydrogen-bond acceptors (Lipinski definition) is 3. The molecule has 19 heavy (non-hydrogen) atoms. The average Bonchev–Trinajstić information content (AvgIpc) is 2.17. The van der Waals surface area contributed by atoms with Crippen LogP contribution in [0, 0.1) is 11.8 Å². The van der Waals surface area contributed by atoms with Gasteiger partial charge in [0.15, 0.2) is 0 Å². The summed E-state index contributed by atoms with van der Waals surface area (Å²) in [6, 6.07) is 5.13. The summed E-state index contributed by atoms with van der Waals surface area (Å²) in [7, 11) is -4.14. The predicted octanol–water partition coefficient (Wildman–Crippen LogP) is 3.49. The maximum Gasteiger partial charge on any atom is 0.294 e. The lowest BCUT2D eigenvalue weighted by atomic mass is 9.93. The second-order valence-electron chi connectivity index (χ2n) is 5.56. The van der Waals surface area contributed by atoms with Gasteiger partial charge in [-0.3, -0.25) is 4.55 Å². The first-order valence-electron chi connectivity index (χ1n) is 6.30. The van der Waals surface area contributed by atoms with Crippen molar-refractivity contribution in [1.82, 2.24) is 6.15 Å². The lowest BCUT2D eigenvalue weighted by Crippen LogP contribution is -2.10. The van der Waals surface area contributed by atoms with Crippen LogP contribution in [0.25, 0.3) is 0 Å². The van der Waals surface area contributed by atoms with Crippen molar-refractivity contribution in [1.29, 1.82) is 0 Å². The van der Waals surface area contributed by atoms with Gasteiger partial charge in [0.25, 0.3) is 10.1 Å². The number of rotatable bonds is 5. The van der Waals surface area contributed by atoms with Crippen LogP contribution in [0.1, 0.15) is 38.8 Å². The fourth-order valence-electron chi connectivity index (χ4n) is 2.12. The Kier molecular flexibility index (Phi) is 6.69. The van der Waals surface area contributed by atoms with E-state index in [4.69, 9.17) is 0 Å². The molecule has 0 aliphatic heterocycles. The highest BCUT2D eigenvalue weighted by Gasteiger charge is 2.19. The van der Waals surface area contributed by atoms with Gasteiger partial charge < -0.3 is 6.15 Å². The van der Waals surface area contributed by atoms with Gasteiger partial charge in [-0.2, -0.15) is 8.42 Å². The van der Waals surface area contributed by atoms with Crippen molar-refractivity contribution in [2.24, 2.45) is 11.8 Å². The summed E-state index contributed by atoms with van der Waals surface area (Å²) in [4.78, 5) is 0.0642. The highest BCUT2D eigenvalue weighted by atomic mass is 32.2. The Morgan fingerprint density at radius 3 is 2.00 bits per heavy atom. The number of hydrogen-bond donors (Lipinski definition) is 2. The molecule has 0 unspecified atom stereocenters. The van der Waals surface area contributed by atoms with Crippen LogP contribution in [0.5, 0.6) is 0 Å². The van der Waals surface area contributed by atoms with E-state index in [0.717, 1.165) is 17.5 Å². The fraction of sp³-hybridized carbons (Fsp3) is 0.571. The maximum atomic E-state index is 11.4. The van der Waals surface area contributed by atoms with Crippen LogP contribution >= 0.6 is 0 Å². The molecule has 0 fully saturated rings. The van der Waals surface area contributed by atoms with E-state index < -0.39 is 10.1 Å². The van der Waals surface area contributed by atoms with E-state index in [1.165, 1.54) is 6.07 Å². The van der Waals surface area contributed by atoms with Gasteiger partial charge in [-0.25, -0.2) is 0 Å². The smallest absolute Gasteiger partial charge is 0.294 e. The summed E-state index contributed by atoms with van der Waals surface area (Å²) in [5.74, 6) is 0.798. The van der Waals surface area contributed by atoms with Crippen molar-refractivity contribution >= 4 is 10.1 Å². The summed E-state index contributed by atoms with van der Waals surface area (Å²) in [5.41, 5.74) is 1.79. The van der Waals surface area contributed by atoms with Gasteiger partial charge in [0.2, 0.25) is 0 Å². The molecule has 0 aromatic heterocycles. The van der Waals surface area contributed by atoms with Crippen molar-refractivity contribution in [3.05, 3.63) is 29.3 Å². The molecule has 0 atom stereocenters. The van der Waals surface area contributed by atoms with Crippen molar-refractivity contribution in [3.8, 4) is 0 Å². The van der Waals surface area contributed by atoms with Crippen LogP contribution in [-0.4, -0.2) is 13.0 Å². The van der Waals surface area contributed by atoms with E-state index >= 15 is 0 Å². The Hall–Kier alpha value is -0.910. The molecule has 0 saturated carbocycles. The summed E-state index contributed by atoms with van der Waals surface area (Å²) < 4.78 is 32.2. The fourth-order valence-corrected chi connectivity index (χ4v) is 2.90. The molecule has 110 valence electrons. The van der Waals surface area contributed by atoms with Crippen molar-refractivity contribution in [2.45, 2.75) is 45.4 Å². The first kappa shape index (κ1) is 18.1. The summed E-state index contributed by atoms with van der Waals surface area (Å²) >= 11 is 0. The molecule has 0 bridgehead atoms. The summed E-state index contributed by atoms with van der Waals surface area (Å²) in [5, 5.41) is 0. The number of benzene rings is 1. The minimum Gasteiger partial charge on any atom is -0.344 e. The quantitative estimate of drug-likeness (QED) is 0.811. The summed E-state index contributed by atoms with van der Waals surface area (Å²) in [6.07, 6.45) is 1.49. The molecule has 0 amide bonds. The zero-order chi connectivity index (χ0) is 13.9. The molecule has 1 aromatic carbocycles.